The molecule has 20 heavy (non-hydrogen) atoms. The standard InChI is InChI=1S/C19H25N/c1-4-18-14-20-11-10-19(18)16(3)12-15(2)13-17-8-6-5-7-9-17/h5-11,14-16H,4,12-13H2,1-3H3. The van der Waals surface area contributed by atoms with E-state index in [1.165, 1.54) is 23.1 Å². The third kappa shape index (κ3) is 3.93. The third-order valence-electron chi connectivity index (χ3n) is 4.04. The van der Waals surface area contributed by atoms with Crippen molar-refractivity contribution in [2.75, 3.05) is 0 Å². The van der Waals surface area contributed by atoms with Crippen molar-refractivity contribution in [3.8, 4) is 0 Å². The van der Waals surface area contributed by atoms with E-state index in [0.717, 1.165) is 12.8 Å². The highest BCUT2D eigenvalue weighted by Crippen LogP contribution is 2.27. The largest absolute Gasteiger partial charge is 0.264 e. The second-order valence-electron chi connectivity index (χ2n) is 5.86. The number of nitrogens with zero attached hydrogens (tertiary/aromatic N) is 1. The van der Waals surface area contributed by atoms with Crippen LogP contribution in [-0.4, -0.2) is 4.98 Å². The molecule has 0 aliphatic carbocycles. The van der Waals surface area contributed by atoms with Gasteiger partial charge in [-0.25, -0.2) is 0 Å². The topological polar surface area (TPSA) is 12.9 Å². The molecule has 2 aromatic rings. The van der Waals surface area contributed by atoms with Gasteiger partial charge in [0.05, 0.1) is 0 Å². The van der Waals surface area contributed by atoms with Crippen LogP contribution in [-0.2, 0) is 12.8 Å². The van der Waals surface area contributed by atoms with E-state index < -0.39 is 0 Å². The van der Waals surface area contributed by atoms with E-state index in [2.05, 4.69) is 62.2 Å². The van der Waals surface area contributed by atoms with Crippen LogP contribution in [0.2, 0.25) is 0 Å². The summed E-state index contributed by atoms with van der Waals surface area (Å²) in [6.07, 6.45) is 7.41. The molecule has 106 valence electrons. The van der Waals surface area contributed by atoms with E-state index in [1.807, 2.05) is 12.4 Å². The second kappa shape index (κ2) is 7.23. The molecule has 1 heteroatoms. The number of hydrogen-bond donors (Lipinski definition) is 0. The highest BCUT2D eigenvalue weighted by atomic mass is 14.6. The lowest BCUT2D eigenvalue weighted by Crippen LogP contribution is -2.07. The summed E-state index contributed by atoms with van der Waals surface area (Å²) < 4.78 is 0. The first-order valence-electron chi connectivity index (χ1n) is 7.67. The minimum Gasteiger partial charge on any atom is -0.264 e. The molecule has 0 spiro atoms. The fourth-order valence-electron chi connectivity index (χ4n) is 3.04. The van der Waals surface area contributed by atoms with Crippen molar-refractivity contribution >= 4 is 0 Å². The second-order valence-corrected chi connectivity index (χ2v) is 5.86. The molecule has 0 N–H and O–H groups in total. The van der Waals surface area contributed by atoms with E-state index in [-0.39, 0.29) is 0 Å². The van der Waals surface area contributed by atoms with Crippen LogP contribution in [0.15, 0.2) is 48.8 Å². The van der Waals surface area contributed by atoms with Crippen LogP contribution in [0.25, 0.3) is 0 Å². The SMILES string of the molecule is CCc1cnccc1C(C)CC(C)Cc1ccccc1. The Bertz CT molecular complexity index is 518. The van der Waals surface area contributed by atoms with Crippen LogP contribution in [0.4, 0.5) is 0 Å². The zero-order valence-corrected chi connectivity index (χ0v) is 12.8. The Kier molecular flexibility index (Phi) is 5.34. The fraction of sp³-hybridized carbons (Fsp3) is 0.421. The quantitative estimate of drug-likeness (QED) is 0.716. The molecular formula is C19H25N. The number of hydrogen-bond acceptors (Lipinski definition) is 1. The van der Waals surface area contributed by atoms with Gasteiger partial charge in [0.2, 0.25) is 0 Å². The Morgan fingerprint density at radius 1 is 1.05 bits per heavy atom. The zero-order valence-electron chi connectivity index (χ0n) is 12.8. The lowest BCUT2D eigenvalue weighted by molar-refractivity contribution is 0.480. The molecule has 1 nitrogen and oxygen atoms in total. The van der Waals surface area contributed by atoms with Crippen LogP contribution >= 0.6 is 0 Å². The predicted octanol–water partition coefficient (Wildman–Crippen LogP) is 5.02. The Labute approximate surface area is 123 Å². The van der Waals surface area contributed by atoms with Gasteiger partial charge in [-0.3, -0.25) is 4.98 Å². The summed E-state index contributed by atoms with van der Waals surface area (Å²) in [5, 5.41) is 0. The van der Waals surface area contributed by atoms with E-state index in [4.69, 9.17) is 0 Å². The molecule has 0 bridgehead atoms. The number of rotatable bonds is 6. The molecule has 2 atom stereocenters. The summed E-state index contributed by atoms with van der Waals surface area (Å²) in [4.78, 5) is 4.25. The molecular weight excluding hydrogens is 242 g/mol. The van der Waals surface area contributed by atoms with E-state index >= 15 is 0 Å². The predicted molar refractivity (Wildman–Crippen MR) is 86.0 cm³/mol. The van der Waals surface area contributed by atoms with Gasteiger partial charge in [-0.05, 0) is 53.9 Å². The Hall–Kier alpha value is -1.63. The van der Waals surface area contributed by atoms with Gasteiger partial charge in [-0.15, -0.1) is 0 Å². The van der Waals surface area contributed by atoms with Gasteiger partial charge in [0.15, 0.2) is 0 Å². The number of aryl methyl sites for hydroxylation is 1. The molecule has 2 rings (SSSR count). The smallest absolute Gasteiger partial charge is 0.0302 e. The highest BCUT2D eigenvalue weighted by Gasteiger charge is 2.14. The van der Waals surface area contributed by atoms with Crippen LogP contribution in [0.1, 0.15) is 49.8 Å². The highest BCUT2D eigenvalue weighted by molar-refractivity contribution is 5.27. The van der Waals surface area contributed by atoms with Crippen molar-refractivity contribution in [1.82, 2.24) is 4.98 Å². The summed E-state index contributed by atoms with van der Waals surface area (Å²) in [6, 6.07) is 13.0. The van der Waals surface area contributed by atoms with E-state index in [9.17, 15) is 0 Å². The summed E-state index contributed by atoms with van der Waals surface area (Å²) in [5.41, 5.74) is 4.31. The molecule has 0 saturated carbocycles. The number of benzene rings is 1. The summed E-state index contributed by atoms with van der Waals surface area (Å²) in [7, 11) is 0. The minimum absolute atomic E-state index is 0.603. The lowest BCUT2D eigenvalue weighted by Gasteiger charge is -2.20. The molecule has 2 unspecified atom stereocenters. The van der Waals surface area contributed by atoms with Gasteiger partial charge in [0.1, 0.15) is 0 Å². The minimum atomic E-state index is 0.603. The first kappa shape index (κ1) is 14.8. The van der Waals surface area contributed by atoms with E-state index in [1.54, 1.807) is 0 Å². The molecule has 0 radical (unpaired) electrons. The lowest BCUT2D eigenvalue weighted by atomic mass is 9.86. The van der Waals surface area contributed by atoms with Gasteiger partial charge in [0.25, 0.3) is 0 Å². The van der Waals surface area contributed by atoms with Crippen LogP contribution in [0.3, 0.4) is 0 Å². The Morgan fingerprint density at radius 2 is 1.80 bits per heavy atom. The molecule has 0 aliphatic heterocycles. The molecule has 1 heterocycles. The first-order chi connectivity index (χ1) is 9.70. The maximum Gasteiger partial charge on any atom is 0.0302 e. The van der Waals surface area contributed by atoms with Gasteiger partial charge in [0, 0.05) is 12.4 Å². The van der Waals surface area contributed by atoms with Crippen LogP contribution in [0, 0.1) is 5.92 Å². The van der Waals surface area contributed by atoms with Gasteiger partial charge >= 0.3 is 0 Å². The first-order valence-corrected chi connectivity index (χ1v) is 7.67. The Balaban J connectivity index is 1.98. The van der Waals surface area contributed by atoms with Gasteiger partial charge in [-0.2, -0.15) is 0 Å². The molecule has 0 amide bonds. The van der Waals surface area contributed by atoms with Gasteiger partial charge in [-0.1, -0.05) is 51.1 Å². The van der Waals surface area contributed by atoms with Crippen molar-refractivity contribution in [3.63, 3.8) is 0 Å². The fourth-order valence-corrected chi connectivity index (χ4v) is 3.04. The Morgan fingerprint density at radius 3 is 2.50 bits per heavy atom. The normalized spacial score (nSPS) is 13.9. The maximum atomic E-state index is 4.25. The van der Waals surface area contributed by atoms with Crippen molar-refractivity contribution in [1.29, 1.82) is 0 Å². The summed E-state index contributed by atoms with van der Waals surface area (Å²) in [5.74, 6) is 1.30. The molecule has 0 fully saturated rings. The van der Waals surface area contributed by atoms with Crippen molar-refractivity contribution in [3.05, 3.63) is 65.5 Å². The third-order valence-corrected chi connectivity index (χ3v) is 4.04. The van der Waals surface area contributed by atoms with Crippen LogP contribution < -0.4 is 0 Å². The summed E-state index contributed by atoms with van der Waals surface area (Å²) in [6.45, 7) is 6.91. The van der Waals surface area contributed by atoms with Crippen molar-refractivity contribution in [2.24, 2.45) is 5.92 Å². The summed E-state index contributed by atoms with van der Waals surface area (Å²) >= 11 is 0. The van der Waals surface area contributed by atoms with Crippen molar-refractivity contribution in [2.45, 2.75) is 46.0 Å². The molecule has 0 aliphatic rings. The average Bonchev–Trinajstić information content (AvgIpc) is 2.48. The molecule has 1 aromatic carbocycles. The van der Waals surface area contributed by atoms with Crippen LogP contribution in [0.5, 0.6) is 0 Å². The average molecular weight is 267 g/mol. The zero-order chi connectivity index (χ0) is 14.4. The number of aromatic nitrogens is 1. The van der Waals surface area contributed by atoms with Crippen molar-refractivity contribution < 1.29 is 0 Å². The molecule has 1 aromatic heterocycles. The maximum absolute atomic E-state index is 4.25. The molecule has 0 saturated heterocycles. The monoisotopic (exact) mass is 267 g/mol. The van der Waals surface area contributed by atoms with E-state index in [0.29, 0.717) is 11.8 Å². The van der Waals surface area contributed by atoms with Gasteiger partial charge < -0.3 is 0 Å². The number of pyridine rings is 1.